The molecule has 5 heteroatoms. The molecule has 0 aliphatic carbocycles. The fourth-order valence-electron chi connectivity index (χ4n) is 2.51. The van der Waals surface area contributed by atoms with Gasteiger partial charge < -0.3 is 14.6 Å². The third-order valence-electron chi connectivity index (χ3n) is 3.56. The van der Waals surface area contributed by atoms with Gasteiger partial charge in [0.1, 0.15) is 12.2 Å². The van der Waals surface area contributed by atoms with Crippen LogP contribution in [0.15, 0.2) is 6.33 Å². The van der Waals surface area contributed by atoms with Crippen LogP contribution in [0.3, 0.4) is 0 Å². The lowest BCUT2D eigenvalue weighted by Gasteiger charge is -2.30. The minimum atomic E-state index is 0.455. The largest absolute Gasteiger partial charge is 0.378 e. The zero-order valence-electron chi connectivity index (χ0n) is 11.4. The van der Waals surface area contributed by atoms with Crippen molar-refractivity contribution in [2.45, 2.75) is 51.2 Å². The minimum absolute atomic E-state index is 0.455. The molecular weight excluding hydrogens is 228 g/mol. The van der Waals surface area contributed by atoms with Gasteiger partial charge in [-0.3, -0.25) is 0 Å². The van der Waals surface area contributed by atoms with E-state index in [0.717, 1.165) is 38.2 Å². The van der Waals surface area contributed by atoms with E-state index in [2.05, 4.69) is 22.4 Å². The molecule has 0 aromatic carbocycles. The summed E-state index contributed by atoms with van der Waals surface area (Å²) in [5, 5.41) is 11.6. The molecule has 0 radical (unpaired) electrons. The van der Waals surface area contributed by atoms with Gasteiger partial charge in [0.2, 0.25) is 0 Å². The minimum Gasteiger partial charge on any atom is -0.378 e. The molecule has 0 bridgehead atoms. The Morgan fingerprint density at radius 2 is 2.44 bits per heavy atom. The quantitative estimate of drug-likeness (QED) is 0.829. The lowest BCUT2D eigenvalue weighted by atomic mass is 10.00. The van der Waals surface area contributed by atoms with E-state index in [4.69, 9.17) is 4.74 Å². The summed E-state index contributed by atoms with van der Waals surface area (Å²) in [5.41, 5.74) is 0. The van der Waals surface area contributed by atoms with Crippen molar-refractivity contribution in [3.05, 3.63) is 12.2 Å². The van der Waals surface area contributed by atoms with Crippen molar-refractivity contribution in [3.63, 3.8) is 0 Å². The average molecular weight is 252 g/mol. The maximum atomic E-state index is 5.75. The summed E-state index contributed by atoms with van der Waals surface area (Å²) in [7, 11) is 1.99. The molecule has 102 valence electrons. The second-order valence-electron chi connectivity index (χ2n) is 5.06. The van der Waals surface area contributed by atoms with E-state index in [-0.39, 0.29) is 0 Å². The van der Waals surface area contributed by atoms with E-state index >= 15 is 0 Å². The predicted molar refractivity (Wildman–Crippen MR) is 70.4 cm³/mol. The van der Waals surface area contributed by atoms with Gasteiger partial charge in [0, 0.05) is 32.7 Å². The number of aromatic nitrogens is 3. The van der Waals surface area contributed by atoms with Crippen molar-refractivity contribution in [1.82, 2.24) is 20.1 Å². The molecule has 2 rings (SSSR count). The number of ether oxygens (including phenoxy) is 1. The Balaban J connectivity index is 1.68. The Kier molecular flexibility index (Phi) is 5.13. The standard InChI is InChI=1S/C13H24N4O/c1-3-4-12-9-11(6-8-18-12)14-7-5-13-16-15-10-17(13)2/h10-12,14H,3-9H2,1-2H3. The Morgan fingerprint density at radius 1 is 1.56 bits per heavy atom. The molecule has 1 saturated heterocycles. The van der Waals surface area contributed by atoms with Crippen molar-refractivity contribution >= 4 is 0 Å². The second-order valence-corrected chi connectivity index (χ2v) is 5.06. The molecule has 0 amide bonds. The molecule has 2 unspecified atom stereocenters. The van der Waals surface area contributed by atoms with Gasteiger partial charge in [-0.15, -0.1) is 10.2 Å². The van der Waals surface area contributed by atoms with Crippen LogP contribution in [-0.4, -0.2) is 40.1 Å². The molecule has 2 heterocycles. The van der Waals surface area contributed by atoms with Gasteiger partial charge in [-0.2, -0.15) is 0 Å². The van der Waals surface area contributed by atoms with E-state index < -0.39 is 0 Å². The SMILES string of the molecule is CCCC1CC(NCCc2nncn2C)CCO1. The Hall–Kier alpha value is -0.940. The summed E-state index contributed by atoms with van der Waals surface area (Å²) in [4.78, 5) is 0. The molecule has 2 atom stereocenters. The lowest BCUT2D eigenvalue weighted by Crippen LogP contribution is -2.39. The maximum absolute atomic E-state index is 5.75. The summed E-state index contributed by atoms with van der Waals surface area (Å²) in [6, 6.07) is 0.600. The highest BCUT2D eigenvalue weighted by molar-refractivity contribution is 4.86. The van der Waals surface area contributed by atoms with Crippen LogP contribution in [0.2, 0.25) is 0 Å². The van der Waals surface area contributed by atoms with Gasteiger partial charge in [0.05, 0.1) is 6.10 Å². The van der Waals surface area contributed by atoms with E-state index in [1.54, 1.807) is 6.33 Å². The Morgan fingerprint density at radius 3 is 3.17 bits per heavy atom. The smallest absolute Gasteiger partial charge is 0.133 e. The summed E-state index contributed by atoms with van der Waals surface area (Å²) >= 11 is 0. The first-order chi connectivity index (χ1) is 8.79. The van der Waals surface area contributed by atoms with Crippen molar-refractivity contribution in [3.8, 4) is 0 Å². The number of nitrogens with one attached hydrogen (secondary N) is 1. The van der Waals surface area contributed by atoms with Crippen LogP contribution in [0.25, 0.3) is 0 Å². The molecule has 18 heavy (non-hydrogen) atoms. The van der Waals surface area contributed by atoms with E-state index in [1.165, 1.54) is 12.8 Å². The fourth-order valence-corrected chi connectivity index (χ4v) is 2.51. The van der Waals surface area contributed by atoms with Gasteiger partial charge in [0.15, 0.2) is 0 Å². The summed E-state index contributed by atoms with van der Waals surface area (Å²) in [6.45, 7) is 4.08. The first-order valence-corrected chi connectivity index (χ1v) is 6.97. The molecule has 1 aliphatic rings. The maximum Gasteiger partial charge on any atom is 0.133 e. The fraction of sp³-hybridized carbons (Fsp3) is 0.846. The Bertz CT molecular complexity index is 351. The van der Waals surface area contributed by atoms with E-state index in [0.29, 0.717) is 12.1 Å². The van der Waals surface area contributed by atoms with Crippen LogP contribution < -0.4 is 5.32 Å². The topological polar surface area (TPSA) is 52.0 Å². The van der Waals surface area contributed by atoms with Crippen LogP contribution in [0.4, 0.5) is 0 Å². The molecular formula is C13H24N4O. The van der Waals surface area contributed by atoms with Crippen molar-refractivity contribution in [2.75, 3.05) is 13.2 Å². The number of rotatable bonds is 6. The van der Waals surface area contributed by atoms with Gasteiger partial charge in [-0.05, 0) is 19.3 Å². The van der Waals surface area contributed by atoms with E-state index in [1.807, 2.05) is 11.6 Å². The number of hydrogen-bond acceptors (Lipinski definition) is 4. The monoisotopic (exact) mass is 252 g/mol. The first kappa shape index (κ1) is 13.5. The third-order valence-corrected chi connectivity index (χ3v) is 3.56. The lowest BCUT2D eigenvalue weighted by molar-refractivity contribution is -0.00302. The van der Waals surface area contributed by atoms with Crippen molar-refractivity contribution in [1.29, 1.82) is 0 Å². The van der Waals surface area contributed by atoms with Crippen LogP contribution in [0.5, 0.6) is 0 Å². The van der Waals surface area contributed by atoms with Crippen LogP contribution in [-0.2, 0) is 18.2 Å². The summed E-state index contributed by atoms with van der Waals surface area (Å²) in [6.07, 6.45) is 7.80. The van der Waals surface area contributed by atoms with Gasteiger partial charge in [-0.1, -0.05) is 13.3 Å². The molecule has 0 spiro atoms. The van der Waals surface area contributed by atoms with Crippen LogP contribution >= 0.6 is 0 Å². The highest BCUT2D eigenvalue weighted by Crippen LogP contribution is 2.17. The normalized spacial score (nSPS) is 24.3. The zero-order chi connectivity index (χ0) is 12.8. The van der Waals surface area contributed by atoms with Crippen molar-refractivity contribution in [2.24, 2.45) is 7.05 Å². The Labute approximate surface area is 109 Å². The first-order valence-electron chi connectivity index (χ1n) is 6.97. The zero-order valence-corrected chi connectivity index (χ0v) is 11.4. The number of nitrogens with zero attached hydrogens (tertiary/aromatic N) is 3. The highest BCUT2D eigenvalue weighted by atomic mass is 16.5. The van der Waals surface area contributed by atoms with E-state index in [9.17, 15) is 0 Å². The number of aryl methyl sites for hydroxylation is 1. The highest BCUT2D eigenvalue weighted by Gasteiger charge is 2.21. The third kappa shape index (κ3) is 3.78. The predicted octanol–water partition coefficient (Wildman–Crippen LogP) is 1.29. The second kappa shape index (κ2) is 6.85. The number of hydrogen-bond donors (Lipinski definition) is 1. The average Bonchev–Trinajstić information content (AvgIpc) is 2.76. The molecule has 1 fully saturated rings. The molecule has 0 saturated carbocycles. The van der Waals surface area contributed by atoms with Gasteiger partial charge in [-0.25, -0.2) is 0 Å². The molecule has 1 aromatic rings. The molecule has 5 nitrogen and oxygen atoms in total. The molecule has 1 N–H and O–H groups in total. The summed E-state index contributed by atoms with van der Waals surface area (Å²) in [5.74, 6) is 1.04. The van der Waals surface area contributed by atoms with Crippen LogP contribution in [0.1, 0.15) is 38.4 Å². The summed E-state index contributed by atoms with van der Waals surface area (Å²) < 4.78 is 7.73. The van der Waals surface area contributed by atoms with Crippen molar-refractivity contribution < 1.29 is 4.74 Å². The van der Waals surface area contributed by atoms with Gasteiger partial charge >= 0.3 is 0 Å². The molecule has 1 aromatic heterocycles. The van der Waals surface area contributed by atoms with Gasteiger partial charge in [0.25, 0.3) is 0 Å². The van der Waals surface area contributed by atoms with Crippen LogP contribution in [0, 0.1) is 0 Å². The molecule has 1 aliphatic heterocycles.